The minimum absolute atomic E-state index is 0.369. The average molecular weight is 131 g/mol. The minimum Gasteiger partial charge on any atom is -0.381 e. The molecule has 1 N–H and O–H groups in total. The van der Waals surface area contributed by atoms with Crippen molar-refractivity contribution in [3.8, 4) is 0 Å². The monoisotopic (exact) mass is 131 g/mol. The van der Waals surface area contributed by atoms with Crippen molar-refractivity contribution in [2.75, 3.05) is 20.2 Å². The Morgan fingerprint density at radius 2 is 2.00 bits per heavy atom. The molecule has 1 heterocycles. The van der Waals surface area contributed by atoms with Crippen molar-refractivity contribution in [1.82, 2.24) is 5.06 Å². The molecular formula is C6H13NO2. The Morgan fingerprint density at radius 3 is 2.44 bits per heavy atom. The van der Waals surface area contributed by atoms with Crippen LogP contribution in [-0.4, -0.2) is 36.6 Å². The molecule has 1 aliphatic heterocycles. The van der Waals surface area contributed by atoms with Crippen LogP contribution in [0.15, 0.2) is 0 Å². The van der Waals surface area contributed by atoms with Crippen LogP contribution in [0.3, 0.4) is 0 Å². The largest absolute Gasteiger partial charge is 0.381 e. The maximum absolute atomic E-state index is 8.90. The van der Waals surface area contributed by atoms with E-state index < -0.39 is 0 Å². The third-order valence-corrected chi connectivity index (χ3v) is 1.75. The summed E-state index contributed by atoms with van der Waals surface area (Å²) >= 11 is 0. The highest BCUT2D eigenvalue weighted by atomic mass is 16.5. The number of hydrogen-bond donors (Lipinski definition) is 1. The molecule has 3 nitrogen and oxygen atoms in total. The second kappa shape index (κ2) is 3.15. The van der Waals surface area contributed by atoms with Gasteiger partial charge in [-0.1, -0.05) is 0 Å². The van der Waals surface area contributed by atoms with Gasteiger partial charge < -0.3 is 9.94 Å². The maximum Gasteiger partial charge on any atom is 0.0597 e. The predicted octanol–water partition coefficient (Wildman–Crippen LogP) is 0.486. The highest BCUT2D eigenvalue weighted by Gasteiger charge is 2.16. The number of ether oxygens (including phenoxy) is 1. The Bertz CT molecular complexity index is 79.1. The van der Waals surface area contributed by atoms with Crippen LogP contribution in [0.5, 0.6) is 0 Å². The van der Waals surface area contributed by atoms with E-state index >= 15 is 0 Å². The Kier molecular flexibility index (Phi) is 2.45. The molecule has 0 unspecified atom stereocenters. The molecule has 1 fully saturated rings. The zero-order valence-electron chi connectivity index (χ0n) is 5.71. The first-order valence-corrected chi connectivity index (χ1v) is 3.29. The summed E-state index contributed by atoms with van der Waals surface area (Å²) in [6.07, 6.45) is 2.27. The van der Waals surface area contributed by atoms with Gasteiger partial charge in [-0.3, -0.25) is 0 Å². The second-order valence-corrected chi connectivity index (χ2v) is 2.39. The zero-order chi connectivity index (χ0) is 6.69. The highest BCUT2D eigenvalue weighted by Crippen LogP contribution is 2.09. The number of rotatable bonds is 1. The minimum atomic E-state index is 0.369. The van der Waals surface area contributed by atoms with Gasteiger partial charge in [0.1, 0.15) is 0 Å². The topological polar surface area (TPSA) is 32.7 Å². The summed E-state index contributed by atoms with van der Waals surface area (Å²) in [6.45, 7) is 1.50. The molecule has 54 valence electrons. The van der Waals surface area contributed by atoms with Crippen LogP contribution < -0.4 is 0 Å². The van der Waals surface area contributed by atoms with Gasteiger partial charge in [0.15, 0.2) is 0 Å². The fraction of sp³-hybridized carbons (Fsp3) is 1.00. The molecule has 3 heteroatoms. The van der Waals surface area contributed by atoms with Crippen molar-refractivity contribution >= 4 is 0 Å². The van der Waals surface area contributed by atoms with E-state index in [1.54, 1.807) is 7.11 Å². The van der Waals surface area contributed by atoms with Crippen LogP contribution in [0.25, 0.3) is 0 Å². The van der Waals surface area contributed by atoms with Crippen LogP contribution in [-0.2, 0) is 4.74 Å². The summed E-state index contributed by atoms with van der Waals surface area (Å²) in [5, 5.41) is 10.2. The van der Waals surface area contributed by atoms with Gasteiger partial charge in [-0.25, -0.2) is 0 Å². The molecule has 1 saturated heterocycles. The average Bonchev–Trinajstić information content (AvgIpc) is 1.90. The Labute approximate surface area is 55.2 Å². The molecule has 0 aromatic carbocycles. The molecule has 0 bridgehead atoms. The lowest BCUT2D eigenvalue weighted by Gasteiger charge is -2.25. The summed E-state index contributed by atoms with van der Waals surface area (Å²) in [6, 6.07) is 0. The summed E-state index contributed by atoms with van der Waals surface area (Å²) in [7, 11) is 1.72. The van der Waals surface area contributed by atoms with E-state index in [-0.39, 0.29) is 0 Å². The quantitative estimate of drug-likeness (QED) is 0.562. The molecule has 0 aromatic heterocycles. The van der Waals surface area contributed by atoms with Gasteiger partial charge in [0.2, 0.25) is 0 Å². The lowest BCUT2D eigenvalue weighted by molar-refractivity contribution is -0.125. The SMILES string of the molecule is COC1CCN(O)CC1. The molecule has 0 aliphatic carbocycles. The van der Waals surface area contributed by atoms with Gasteiger partial charge in [-0.2, -0.15) is 5.06 Å². The third kappa shape index (κ3) is 1.93. The van der Waals surface area contributed by atoms with Gasteiger partial charge in [0.05, 0.1) is 6.10 Å². The smallest absolute Gasteiger partial charge is 0.0597 e. The van der Waals surface area contributed by atoms with E-state index in [1.165, 1.54) is 5.06 Å². The standard InChI is InChI=1S/C6H13NO2/c1-9-6-2-4-7(8)5-3-6/h6,8H,2-5H2,1H3. The Hall–Kier alpha value is -0.120. The molecular weight excluding hydrogens is 118 g/mol. The number of hydroxylamine groups is 2. The zero-order valence-corrected chi connectivity index (χ0v) is 5.71. The predicted molar refractivity (Wildman–Crippen MR) is 33.4 cm³/mol. The van der Waals surface area contributed by atoms with E-state index in [0.29, 0.717) is 6.10 Å². The van der Waals surface area contributed by atoms with E-state index in [4.69, 9.17) is 9.94 Å². The van der Waals surface area contributed by atoms with Crippen molar-refractivity contribution in [3.63, 3.8) is 0 Å². The van der Waals surface area contributed by atoms with Crippen LogP contribution in [0.1, 0.15) is 12.8 Å². The fourth-order valence-corrected chi connectivity index (χ4v) is 1.08. The Morgan fingerprint density at radius 1 is 1.44 bits per heavy atom. The van der Waals surface area contributed by atoms with E-state index in [1.807, 2.05) is 0 Å². The lowest BCUT2D eigenvalue weighted by Crippen LogP contribution is -2.34. The van der Waals surface area contributed by atoms with Gasteiger partial charge >= 0.3 is 0 Å². The van der Waals surface area contributed by atoms with Crippen LogP contribution in [0.2, 0.25) is 0 Å². The maximum atomic E-state index is 8.90. The number of hydrogen-bond acceptors (Lipinski definition) is 3. The van der Waals surface area contributed by atoms with E-state index in [0.717, 1.165) is 25.9 Å². The number of methoxy groups -OCH3 is 1. The third-order valence-electron chi connectivity index (χ3n) is 1.75. The first-order chi connectivity index (χ1) is 4.33. The van der Waals surface area contributed by atoms with Crippen molar-refractivity contribution in [1.29, 1.82) is 0 Å². The summed E-state index contributed by atoms with van der Waals surface area (Å²) in [4.78, 5) is 0. The van der Waals surface area contributed by atoms with Crippen LogP contribution in [0.4, 0.5) is 0 Å². The van der Waals surface area contributed by atoms with Gasteiger partial charge in [0, 0.05) is 20.2 Å². The lowest BCUT2D eigenvalue weighted by atomic mass is 10.1. The van der Waals surface area contributed by atoms with Crippen molar-refractivity contribution in [2.45, 2.75) is 18.9 Å². The van der Waals surface area contributed by atoms with E-state index in [2.05, 4.69) is 0 Å². The number of piperidine rings is 1. The first-order valence-electron chi connectivity index (χ1n) is 3.29. The summed E-state index contributed by atoms with van der Waals surface area (Å²) in [5.41, 5.74) is 0. The molecule has 0 radical (unpaired) electrons. The molecule has 0 amide bonds. The van der Waals surface area contributed by atoms with Crippen molar-refractivity contribution < 1.29 is 9.94 Å². The number of nitrogens with zero attached hydrogens (tertiary/aromatic N) is 1. The van der Waals surface area contributed by atoms with Crippen molar-refractivity contribution in [3.05, 3.63) is 0 Å². The molecule has 9 heavy (non-hydrogen) atoms. The summed E-state index contributed by atoms with van der Waals surface area (Å²) < 4.78 is 5.10. The fourth-order valence-electron chi connectivity index (χ4n) is 1.08. The molecule has 0 spiro atoms. The molecule has 0 aromatic rings. The van der Waals surface area contributed by atoms with Gasteiger partial charge in [0.25, 0.3) is 0 Å². The normalized spacial score (nSPS) is 24.7. The van der Waals surface area contributed by atoms with Crippen molar-refractivity contribution in [2.24, 2.45) is 0 Å². The molecule has 0 atom stereocenters. The first kappa shape index (κ1) is 6.99. The highest BCUT2D eigenvalue weighted by molar-refractivity contribution is 4.66. The molecule has 1 rings (SSSR count). The van der Waals surface area contributed by atoms with Crippen LogP contribution >= 0.6 is 0 Å². The van der Waals surface area contributed by atoms with E-state index in [9.17, 15) is 0 Å². The summed E-state index contributed by atoms with van der Waals surface area (Å²) in [5.74, 6) is 0. The van der Waals surface area contributed by atoms with Gasteiger partial charge in [-0.15, -0.1) is 0 Å². The molecule has 1 aliphatic rings. The van der Waals surface area contributed by atoms with Crippen LogP contribution in [0, 0.1) is 0 Å². The molecule has 0 saturated carbocycles. The van der Waals surface area contributed by atoms with Gasteiger partial charge in [-0.05, 0) is 12.8 Å². The Balaban J connectivity index is 2.18. The second-order valence-electron chi connectivity index (χ2n) is 2.39.